The Balaban J connectivity index is 2.06. The molecule has 0 bridgehead atoms. The summed E-state index contributed by atoms with van der Waals surface area (Å²) in [6.45, 7) is 2.66. The van der Waals surface area contributed by atoms with Crippen LogP contribution in [0.3, 0.4) is 0 Å². The van der Waals surface area contributed by atoms with Gasteiger partial charge in [-0.05, 0) is 49.3 Å². The van der Waals surface area contributed by atoms with Crippen molar-refractivity contribution in [1.29, 1.82) is 0 Å². The van der Waals surface area contributed by atoms with Gasteiger partial charge in [0.1, 0.15) is 11.6 Å². The molecule has 1 fully saturated rings. The highest BCUT2D eigenvalue weighted by Crippen LogP contribution is 2.39. The molecule has 0 aromatic heterocycles. The van der Waals surface area contributed by atoms with E-state index in [2.05, 4.69) is 6.92 Å². The van der Waals surface area contributed by atoms with E-state index in [0.717, 1.165) is 31.2 Å². The summed E-state index contributed by atoms with van der Waals surface area (Å²) in [5.74, 6) is 0.642. The van der Waals surface area contributed by atoms with E-state index in [9.17, 15) is 9.18 Å². The van der Waals surface area contributed by atoms with Gasteiger partial charge < -0.3 is 5.73 Å². The largest absolute Gasteiger partial charge is 0.329 e. The molecule has 0 radical (unpaired) electrons. The molecule has 0 unspecified atom stereocenters. The van der Waals surface area contributed by atoms with E-state index in [-0.39, 0.29) is 17.0 Å². The molecule has 19 heavy (non-hydrogen) atoms. The first kappa shape index (κ1) is 14.2. The van der Waals surface area contributed by atoms with E-state index in [4.69, 9.17) is 5.73 Å². The number of hydrogen-bond donors (Lipinski definition) is 1. The highest BCUT2D eigenvalue weighted by atomic mass is 19.1. The minimum Gasteiger partial charge on any atom is -0.329 e. The first-order chi connectivity index (χ1) is 9.05. The molecule has 3 heteroatoms. The van der Waals surface area contributed by atoms with Gasteiger partial charge in [0.05, 0.1) is 0 Å². The van der Waals surface area contributed by atoms with Gasteiger partial charge in [-0.15, -0.1) is 0 Å². The van der Waals surface area contributed by atoms with Gasteiger partial charge in [0.2, 0.25) is 0 Å². The smallest absolute Gasteiger partial charge is 0.144 e. The highest BCUT2D eigenvalue weighted by molar-refractivity contribution is 5.87. The maximum atomic E-state index is 12.9. The van der Waals surface area contributed by atoms with E-state index in [1.807, 2.05) is 0 Å². The number of halogens is 1. The fraction of sp³-hybridized carbons (Fsp3) is 0.562. The molecule has 2 nitrogen and oxygen atoms in total. The number of ketones is 1. The van der Waals surface area contributed by atoms with Crippen LogP contribution in [0.2, 0.25) is 0 Å². The predicted octanol–water partition coefficient (Wildman–Crippen LogP) is 3.09. The number of Topliss-reactive ketones (excluding diaryl/α,β-unsaturated/α-hetero) is 1. The summed E-state index contributed by atoms with van der Waals surface area (Å²) in [5.41, 5.74) is 6.41. The quantitative estimate of drug-likeness (QED) is 0.907. The summed E-state index contributed by atoms with van der Waals surface area (Å²) in [7, 11) is 0. The summed E-state index contributed by atoms with van der Waals surface area (Å²) in [5, 5.41) is 0. The summed E-state index contributed by atoms with van der Waals surface area (Å²) in [6, 6.07) is 6.17. The lowest BCUT2D eigenvalue weighted by atomic mass is 9.67. The van der Waals surface area contributed by atoms with Crippen LogP contribution in [0.1, 0.15) is 38.2 Å². The highest BCUT2D eigenvalue weighted by Gasteiger charge is 2.39. The zero-order valence-electron chi connectivity index (χ0n) is 11.5. The molecule has 2 N–H and O–H groups in total. The van der Waals surface area contributed by atoms with Crippen LogP contribution in [0.15, 0.2) is 24.3 Å². The van der Waals surface area contributed by atoms with E-state index < -0.39 is 0 Å². The molecular weight excluding hydrogens is 241 g/mol. The third-order valence-corrected chi connectivity index (χ3v) is 4.49. The van der Waals surface area contributed by atoms with Crippen molar-refractivity contribution in [3.05, 3.63) is 35.6 Å². The first-order valence-corrected chi connectivity index (χ1v) is 7.03. The second kappa shape index (κ2) is 5.83. The third kappa shape index (κ3) is 3.21. The number of hydrogen-bond acceptors (Lipinski definition) is 2. The molecule has 104 valence electrons. The number of benzene rings is 1. The van der Waals surface area contributed by atoms with Crippen LogP contribution in [0.25, 0.3) is 0 Å². The van der Waals surface area contributed by atoms with Gasteiger partial charge in [-0.25, -0.2) is 4.39 Å². The Labute approximate surface area is 114 Å². The summed E-state index contributed by atoms with van der Waals surface area (Å²) >= 11 is 0. The van der Waals surface area contributed by atoms with Gasteiger partial charge in [-0.1, -0.05) is 19.1 Å². The molecular formula is C16H22FNO. The van der Waals surface area contributed by atoms with Gasteiger partial charge in [0.15, 0.2) is 0 Å². The molecule has 0 heterocycles. The minimum absolute atomic E-state index is 0.216. The Bertz CT molecular complexity index is 433. The molecule has 0 saturated heterocycles. The monoisotopic (exact) mass is 263 g/mol. The van der Waals surface area contributed by atoms with Crippen molar-refractivity contribution < 1.29 is 9.18 Å². The Morgan fingerprint density at radius 2 is 1.89 bits per heavy atom. The molecule has 0 spiro atoms. The number of rotatable bonds is 4. The molecule has 1 aliphatic carbocycles. The molecule has 1 aliphatic rings. The van der Waals surface area contributed by atoms with Crippen LogP contribution < -0.4 is 5.73 Å². The van der Waals surface area contributed by atoms with Crippen molar-refractivity contribution in [3.63, 3.8) is 0 Å². The number of carbonyl (C=O) groups is 1. The van der Waals surface area contributed by atoms with Crippen molar-refractivity contribution >= 4 is 5.78 Å². The number of carbonyl (C=O) groups excluding carboxylic acids is 1. The first-order valence-electron chi connectivity index (χ1n) is 7.03. The molecule has 0 amide bonds. The van der Waals surface area contributed by atoms with Crippen molar-refractivity contribution in [2.24, 2.45) is 17.1 Å². The van der Waals surface area contributed by atoms with Gasteiger partial charge in [0.25, 0.3) is 0 Å². The van der Waals surface area contributed by atoms with Crippen LogP contribution in [0.5, 0.6) is 0 Å². The molecule has 2 rings (SSSR count). The van der Waals surface area contributed by atoms with Crippen LogP contribution in [0.4, 0.5) is 4.39 Å². The standard InChI is InChI=1S/C16H22FNO/c1-12-6-8-16(11-18,9-7-12)15(19)10-13-2-4-14(17)5-3-13/h2-5,12H,6-11,18H2,1H3. The molecule has 1 saturated carbocycles. The second-order valence-corrected chi connectivity index (χ2v) is 5.89. The van der Waals surface area contributed by atoms with E-state index in [0.29, 0.717) is 18.9 Å². The molecule has 1 aromatic rings. The van der Waals surface area contributed by atoms with Gasteiger partial charge in [-0.3, -0.25) is 4.79 Å². The molecule has 1 aromatic carbocycles. The summed E-state index contributed by atoms with van der Waals surface area (Å²) in [4.78, 5) is 12.5. The fourth-order valence-corrected chi connectivity index (χ4v) is 2.89. The maximum Gasteiger partial charge on any atom is 0.144 e. The van der Waals surface area contributed by atoms with Crippen LogP contribution in [0, 0.1) is 17.2 Å². The SMILES string of the molecule is CC1CCC(CN)(C(=O)Cc2ccc(F)cc2)CC1. The lowest BCUT2D eigenvalue weighted by molar-refractivity contribution is -0.129. The number of nitrogens with two attached hydrogens (primary N) is 1. The van der Waals surface area contributed by atoms with Crippen LogP contribution >= 0.6 is 0 Å². The van der Waals surface area contributed by atoms with E-state index in [1.165, 1.54) is 12.1 Å². The Kier molecular flexibility index (Phi) is 4.35. The summed E-state index contributed by atoms with van der Waals surface area (Å²) < 4.78 is 12.9. The lowest BCUT2D eigenvalue weighted by Gasteiger charge is -2.37. The van der Waals surface area contributed by atoms with Gasteiger partial charge in [0, 0.05) is 18.4 Å². The van der Waals surface area contributed by atoms with Crippen molar-refractivity contribution in [3.8, 4) is 0 Å². The topological polar surface area (TPSA) is 43.1 Å². The Morgan fingerprint density at radius 3 is 2.42 bits per heavy atom. The van der Waals surface area contributed by atoms with Gasteiger partial charge >= 0.3 is 0 Å². The Hall–Kier alpha value is -1.22. The van der Waals surface area contributed by atoms with Gasteiger partial charge in [-0.2, -0.15) is 0 Å². The van der Waals surface area contributed by atoms with Crippen molar-refractivity contribution in [2.45, 2.75) is 39.0 Å². The lowest BCUT2D eigenvalue weighted by Crippen LogP contribution is -2.42. The van der Waals surface area contributed by atoms with E-state index >= 15 is 0 Å². The van der Waals surface area contributed by atoms with E-state index in [1.54, 1.807) is 12.1 Å². The fourth-order valence-electron chi connectivity index (χ4n) is 2.89. The maximum absolute atomic E-state index is 12.9. The average molecular weight is 263 g/mol. The molecule has 0 aliphatic heterocycles. The predicted molar refractivity (Wildman–Crippen MR) is 74.2 cm³/mol. The van der Waals surface area contributed by atoms with Crippen LogP contribution in [-0.2, 0) is 11.2 Å². The molecule has 0 atom stereocenters. The average Bonchev–Trinajstić information content (AvgIpc) is 2.42. The normalized spacial score (nSPS) is 27.2. The minimum atomic E-state index is -0.346. The van der Waals surface area contributed by atoms with Crippen molar-refractivity contribution in [2.75, 3.05) is 6.54 Å². The Morgan fingerprint density at radius 1 is 1.32 bits per heavy atom. The zero-order chi connectivity index (χ0) is 13.9. The van der Waals surface area contributed by atoms with Crippen molar-refractivity contribution in [1.82, 2.24) is 0 Å². The summed E-state index contributed by atoms with van der Waals surface area (Å²) in [6.07, 6.45) is 4.31. The van der Waals surface area contributed by atoms with Crippen LogP contribution in [-0.4, -0.2) is 12.3 Å². The zero-order valence-corrected chi connectivity index (χ0v) is 11.5. The third-order valence-electron chi connectivity index (χ3n) is 4.49. The second-order valence-electron chi connectivity index (χ2n) is 5.89.